The summed E-state index contributed by atoms with van der Waals surface area (Å²) in [5.41, 5.74) is 0. The molecule has 1 aliphatic rings. The van der Waals surface area contributed by atoms with Crippen LogP contribution in [0.2, 0.25) is 0 Å². The van der Waals surface area contributed by atoms with Gasteiger partial charge in [0.05, 0.1) is 6.07 Å². The molecular weight excluding hydrogens is 214 g/mol. The molecule has 17 heavy (non-hydrogen) atoms. The highest BCUT2D eigenvalue weighted by atomic mass is 15.2. The summed E-state index contributed by atoms with van der Waals surface area (Å²) in [4.78, 5) is 10.2. The second kappa shape index (κ2) is 5.48. The molecule has 0 aromatic carbocycles. The minimum absolute atomic E-state index is 0.333. The number of hydrogen-bond donors (Lipinski definition) is 1. The van der Waals surface area contributed by atoms with Crippen LogP contribution in [0.15, 0.2) is 12.4 Å². The zero-order chi connectivity index (χ0) is 12.1. The molecule has 0 spiro atoms. The van der Waals surface area contributed by atoms with E-state index in [1.807, 2.05) is 18.0 Å². The fourth-order valence-corrected chi connectivity index (χ4v) is 2.10. The summed E-state index contributed by atoms with van der Waals surface area (Å²) in [5, 5.41) is 12.1. The summed E-state index contributed by atoms with van der Waals surface area (Å²) in [6.07, 6.45) is 6.56. The first-order chi connectivity index (χ1) is 8.29. The van der Waals surface area contributed by atoms with Crippen LogP contribution < -0.4 is 10.2 Å². The molecule has 0 aliphatic heterocycles. The lowest BCUT2D eigenvalue weighted by atomic mass is 10.2. The van der Waals surface area contributed by atoms with Crippen LogP contribution >= 0.6 is 0 Å². The topological polar surface area (TPSA) is 64.8 Å². The highest BCUT2D eigenvalue weighted by molar-refractivity contribution is 5.48. The van der Waals surface area contributed by atoms with Gasteiger partial charge in [0.2, 0.25) is 0 Å². The van der Waals surface area contributed by atoms with Crippen molar-refractivity contribution in [1.29, 1.82) is 5.26 Å². The Kier molecular flexibility index (Phi) is 3.76. The molecule has 1 heterocycles. The highest BCUT2D eigenvalue weighted by Gasteiger charge is 2.15. The quantitative estimate of drug-likeness (QED) is 0.800. The largest absolute Gasteiger partial charge is 0.367 e. The van der Waals surface area contributed by atoms with Crippen molar-refractivity contribution in [2.75, 3.05) is 23.8 Å². The molecule has 90 valence electrons. The lowest BCUT2D eigenvalue weighted by Crippen LogP contribution is -2.20. The summed E-state index contributed by atoms with van der Waals surface area (Å²) in [6.45, 7) is 0.333. The molecule has 0 bridgehead atoms. The molecule has 0 atom stereocenters. The Morgan fingerprint density at radius 2 is 2.24 bits per heavy atom. The Balaban J connectivity index is 2.03. The summed E-state index contributed by atoms with van der Waals surface area (Å²) in [7, 11) is 1.85. The number of aromatic nitrogens is 2. The van der Waals surface area contributed by atoms with E-state index in [1.54, 1.807) is 6.33 Å². The third-order valence-electron chi connectivity index (χ3n) is 3.06. The van der Waals surface area contributed by atoms with Crippen LogP contribution in [0.1, 0.15) is 25.7 Å². The maximum atomic E-state index is 8.65. The smallest absolute Gasteiger partial charge is 0.134 e. The zero-order valence-corrected chi connectivity index (χ0v) is 10.1. The van der Waals surface area contributed by atoms with E-state index in [2.05, 4.69) is 21.4 Å². The second-order valence-electron chi connectivity index (χ2n) is 4.40. The first kappa shape index (κ1) is 11.6. The first-order valence-electron chi connectivity index (χ1n) is 5.96. The maximum absolute atomic E-state index is 8.65. The predicted octanol–water partition coefficient (Wildman–Crippen LogP) is 1.79. The molecule has 1 fully saturated rings. The van der Waals surface area contributed by atoms with Crippen LogP contribution in [0.4, 0.5) is 11.6 Å². The molecule has 2 rings (SSSR count). The summed E-state index contributed by atoms with van der Waals surface area (Å²) < 4.78 is 0. The fourth-order valence-electron chi connectivity index (χ4n) is 2.10. The molecule has 0 radical (unpaired) electrons. The standard InChI is InChI=1S/C12H17N5/c1-17(7-6-13)12-8-11(14-9-15-12)16-10-4-2-3-5-10/h8-10H,2-5,7H2,1H3,(H,14,15,16). The third kappa shape index (κ3) is 3.06. The molecule has 1 aromatic rings. The average molecular weight is 231 g/mol. The Morgan fingerprint density at radius 1 is 1.47 bits per heavy atom. The van der Waals surface area contributed by atoms with E-state index in [9.17, 15) is 0 Å². The van der Waals surface area contributed by atoms with Gasteiger partial charge in [0.15, 0.2) is 0 Å². The number of nitrogens with zero attached hydrogens (tertiary/aromatic N) is 4. The van der Waals surface area contributed by atoms with Gasteiger partial charge in [-0.1, -0.05) is 12.8 Å². The molecule has 1 aliphatic carbocycles. The Bertz CT molecular complexity index is 406. The van der Waals surface area contributed by atoms with Crippen molar-refractivity contribution >= 4 is 11.6 Å². The van der Waals surface area contributed by atoms with E-state index >= 15 is 0 Å². The Morgan fingerprint density at radius 3 is 2.94 bits per heavy atom. The molecule has 0 unspecified atom stereocenters. The third-order valence-corrected chi connectivity index (χ3v) is 3.06. The Labute approximate surface area is 101 Å². The molecule has 5 nitrogen and oxygen atoms in total. The van der Waals surface area contributed by atoms with Gasteiger partial charge in [-0.05, 0) is 12.8 Å². The van der Waals surface area contributed by atoms with Crippen LogP contribution in [0.5, 0.6) is 0 Å². The zero-order valence-electron chi connectivity index (χ0n) is 10.1. The SMILES string of the molecule is CN(CC#N)c1cc(NC2CCCC2)ncn1. The second-order valence-corrected chi connectivity index (χ2v) is 4.40. The predicted molar refractivity (Wildman–Crippen MR) is 66.8 cm³/mol. The van der Waals surface area contributed by atoms with Gasteiger partial charge in [0.1, 0.15) is 24.5 Å². The van der Waals surface area contributed by atoms with Crippen molar-refractivity contribution in [3.8, 4) is 6.07 Å². The minimum atomic E-state index is 0.333. The van der Waals surface area contributed by atoms with Gasteiger partial charge in [-0.25, -0.2) is 9.97 Å². The van der Waals surface area contributed by atoms with Crippen molar-refractivity contribution < 1.29 is 0 Å². The first-order valence-corrected chi connectivity index (χ1v) is 5.96. The van der Waals surface area contributed by atoms with Crippen molar-refractivity contribution in [3.05, 3.63) is 12.4 Å². The fraction of sp³-hybridized carbons (Fsp3) is 0.583. The Hall–Kier alpha value is -1.83. The molecule has 0 amide bonds. The molecule has 1 N–H and O–H groups in total. The lowest BCUT2D eigenvalue weighted by molar-refractivity contribution is 0.749. The van der Waals surface area contributed by atoms with Gasteiger partial charge in [-0.2, -0.15) is 5.26 Å². The van der Waals surface area contributed by atoms with Gasteiger partial charge < -0.3 is 10.2 Å². The van der Waals surface area contributed by atoms with E-state index in [1.165, 1.54) is 25.7 Å². The molecule has 1 saturated carbocycles. The maximum Gasteiger partial charge on any atom is 0.134 e. The normalized spacial score (nSPS) is 15.5. The van der Waals surface area contributed by atoms with Crippen molar-refractivity contribution in [1.82, 2.24) is 9.97 Å². The van der Waals surface area contributed by atoms with Gasteiger partial charge in [0, 0.05) is 19.2 Å². The van der Waals surface area contributed by atoms with E-state index in [0.29, 0.717) is 12.6 Å². The number of nitriles is 1. The molecule has 1 aromatic heterocycles. The van der Waals surface area contributed by atoms with Gasteiger partial charge in [0.25, 0.3) is 0 Å². The van der Waals surface area contributed by atoms with E-state index < -0.39 is 0 Å². The number of rotatable bonds is 4. The summed E-state index contributed by atoms with van der Waals surface area (Å²) in [5.74, 6) is 1.63. The van der Waals surface area contributed by atoms with Gasteiger partial charge in [-0.15, -0.1) is 0 Å². The van der Waals surface area contributed by atoms with E-state index in [4.69, 9.17) is 5.26 Å². The van der Waals surface area contributed by atoms with Gasteiger partial charge >= 0.3 is 0 Å². The minimum Gasteiger partial charge on any atom is -0.367 e. The summed E-state index contributed by atoms with van der Waals surface area (Å²) >= 11 is 0. The average Bonchev–Trinajstić information content (AvgIpc) is 2.82. The van der Waals surface area contributed by atoms with Crippen LogP contribution in [-0.2, 0) is 0 Å². The molecule has 5 heteroatoms. The van der Waals surface area contributed by atoms with Crippen LogP contribution in [0, 0.1) is 11.3 Å². The highest BCUT2D eigenvalue weighted by Crippen LogP contribution is 2.22. The van der Waals surface area contributed by atoms with Crippen LogP contribution in [0.3, 0.4) is 0 Å². The number of anilines is 2. The molecular formula is C12H17N5. The van der Waals surface area contributed by atoms with Gasteiger partial charge in [-0.3, -0.25) is 0 Å². The van der Waals surface area contributed by atoms with Crippen LogP contribution in [0.25, 0.3) is 0 Å². The molecule has 0 saturated heterocycles. The number of hydrogen-bond acceptors (Lipinski definition) is 5. The van der Waals surface area contributed by atoms with Crippen molar-refractivity contribution in [2.24, 2.45) is 0 Å². The van der Waals surface area contributed by atoms with Crippen molar-refractivity contribution in [2.45, 2.75) is 31.7 Å². The number of nitrogens with one attached hydrogen (secondary N) is 1. The lowest BCUT2D eigenvalue weighted by Gasteiger charge is -2.16. The summed E-state index contributed by atoms with van der Waals surface area (Å²) in [6, 6.07) is 4.54. The van der Waals surface area contributed by atoms with E-state index in [0.717, 1.165) is 11.6 Å². The van der Waals surface area contributed by atoms with Crippen molar-refractivity contribution in [3.63, 3.8) is 0 Å². The van der Waals surface area contributed by atoms with E-state index in [-0.39, 0.29) is 0 Å². The monoisotopic (exact) mass is 231 g/mol. The van der Waals surface area contributed by atoms with Crippen LogP contribution in [-0.4, -0.2) is 29.6 Å².